The molecule has 3 rings (SSSR count). The Morgan fingerprint density at radius 1 is 0.900 bits per heavy atom. The normalized spacial score (nSPS) is 31.1. The summed E-state index contributed by atoms with van der Waals surface area (Å²) in [5.74, 6) is 1.67. The lowest BCUT2D eigenvalue weighted by atomic mass is 9.62. The van der Waals surface area contributed by atoms with E-state index in [9.17, 15) is 0 Å². The lowest BCUT2D eigenvalue weighted by Crippen LogP contribution is -2.34. The molecule has 0 N–H and O–H groups in total. The Kier molecular flexibility index (Phi) is 3.27. The van der Waals surface area contributed by atoms with Gasteiger partial charge < -0.3 is 0 Å². The van der Waals surface area contributed by atoms with Crippen molar-refractivity contribution in [2.75, 3.05) is 0 Å². The van der Waals surface area contributed by atoms with Gasteiger partial charge in [-0.1, -0.05) is 65.7 Å². The zero-order valence-corrected chi connectivity index (χ0v) is 13.9. The van der Waals surface area contributed by atoms with E-state index in [1.165, 1.54) is 32.1 Å². The molecule has 0 amide bonds. The van der Waals surface area contributed by atoms with E-state index in [-0.39, 0.29) is 0 Å². The predicted molar refractivity (Wildman–Crippen MR) is 87.5 cm³/mol. The molecule has 1 aromatic rings. The van der Waals surface area contributed by atoms with Crippen LogP contribution in [0.1, 0.15) is 89.3 Å². The van der Waals surface area contributed by atoms with Gasteiger partial charge in [-0.25, -0.2) is 0 Å². The van der Waals surface area contributed by atoms with Crippen LogP contribution in [0.5, 0.6) is 0 Å². The van der Waals surface area contributed by atoms with Crippen molar-refractivity contribution in [3.05, 3.63) is 34.9 Å². The number of benzene rings is 1. The summed E-state index contributed by atoms with van der Waals surface area (Å²) in [4.78, 5) is 0. The van der Waals surface area contributed by atoms with Gasteiger partial charge in [-0.3, -0.25) is 0 Å². The summed E-state index contributed by atoms with van der Waals surface area (Å²) in [6, 6.07) is 7.47. The smallest absolute Gasteiger partial charge is 0.0100 e. The molecular weight excluding hydrogens is 240 g/mol. The van der Waals surface area contributed by atoms with Crippen LogP contribution in [0.4, 0.5) is 0 Å². The molecular formula is C20H30. The fraction of sp³-hybridized carbons (Fsp3) is 0.700. The Hall–Kier alpha value is -0.780. The van der Waals surface area contributed by atoms with Crippen molar-refractivity contribution in [1.29, 1.82) is 0 Å². The van der Waals surface area contributed by atoms with Gasteiger partial charge in [0, 0.05) is 0 Å². The molecule has 0 heterocycles. The summed E-state index contributed by atoms with van der Waals surface area (Å²) in [5, 5.41) is 0. The van der Waals surface area contributed by atoms with Crippen molar-refractivity contribution in [2.24, 2.45) is 5.92 Å². The molecule has 0 saturated heterocycles. The van der Waals surface area contributed by atoms with Crippen LogP contribution >= 0.6 is 0 Å². The molecule has 0 aliphatic heterocycles. The molecule has 0 aromatic heterocycles. The monoisotopic (exact) mass is 270 g/mol. The number of fused-ring (bicyclic) bond motifs is 1. The SMILES string of the molecule is CC1CCCC1c1ccc2c(c1)C(C)(C)CCC2(C)C. The van der Waals surface area contributed by atoms with Gasteiger partial charge in [0.25, 0.3) is 0 Å². The van der Waals surface area contributed by atoms with Gasteiger partial charge in [-0.2, -0.15) is 0 Å². The Morgan fingerprint density at radius 2 is 1.55 bits per heavy atom. The predicted octanol–water partition coefficient (Wildman–Crippen LogP) is 5.94. The first kappa shape index (κ1) is 14.2. The van der Waals surface area contributed by atoms with Gasteiger partial charge in [-0.15, -0.1) is 0 Å². The van der Waals surface area contributed by atoms with E-state index in [0.717, 1.165) is 11.8 Å². The lowest BCUT2D eigenvalue weighted by molar-refractivity contribution is 0.331. The minimum Gasteiger partial charge on any atom is -0.0619 e. The van der Waals surface area contributed by atoms with E-state index in [1.54, 1.807) is 16.7 Å². The average Bonchev–Trinajstić information content (AvgIpc) is 2.81. The summed E-state index contributed by atoms with van der Waals surface area (Å²) < 4.78 is 0. The van der Waals surface area contributed by atoms with Gasteiger partial charge in [0.15, 0.2) is 0 Å². The van der Waals surface area contributed by atoms with Crippen molar-refractivity contribution in [3.8, 4) is 0 Å². The second-order valence-electron chi connectivity index (χ2n) is 8.59. The summed E-state index contributed by atoms with van der Waals surface area (Å²) >= 11 is 0. The summed E-state index contributed by atoms with van der Waals surface area (Å²) in [6.07, 6.45) is 6.85. The van der Waals surface area contributed by atoms with E-state index in [0.29, 0.717) is 10.8 Å². The Morgan fingerprint density at radius 3 is 2.15 bits per heavy atom. The van der Waals surface area contributed by atoms with E-state index < -0.39 is 0 Å². The maximum atomic E-state index is 2.57. The Labute approximate surface area is 125 Å². The van der Waals surface area contributed by atoms with Crippen molar-refractivity contribution >= 4 is 0 Å². The van der Waals surface area contributed by atoms with Crippen molar-refractivity contribution < 1.29 is 0 Å². The highest BCUT2D eigenvalue weighted by molar-refractivity contribution is 5.44. The van der Waals surface area contributed by atoms with Gasteiger partial charge >= 0.3 is 0 Å². The first-order valence-electron chi connectivity index (χ1n) is 8.46. The number of hydrogen-bond donors (Lipinski definition) is 0. The molecule has 20 heavy (non-hydrogen) atoms. The van der Waals surface area contributed by atoms with E-state index in [1.807, 2.05) is 0 Å². The molecule has 2 atom stereocenters. The largest absolute Gasteiger partial charge is 0.0619 e. The Bertz CT molecular complexity index is 507. The molecule has 0 radical (unpaired) electrons. The van der Waals surface area contributed by atoms with E-state index >= 15 is 0 Å². The summed E-state index contributed by atoms with van der Waals surface area (Å²) in [7, 11) is 0. The summed E-state index contributed by atoms with van der Waals surface area (Å²) in [6.45, 7) is 12.1. The maximum Gasteiger partial charge on any atom is -0.0100 e. The molecule has 0 nitrogen and oxygen atoms in total. The lowest BCUT2D eigenvalue weighted by Gasteiger charge is -2.42. The first-order chi connectivity index (χ1) is 9.31. The van der Waals surface area contributed by atoms with Gasteiger partial charge in [-0.05, 0) is 58.6 Å². The summed E-state index contributed by atoms with van der Waals surface area (Å²) in [5.41, 5.74) is 5.54. The third-order valence-corrected chi connectivity index (χ3v) is 6.17. The fourth-order valence-corrected chi connectivity index (χ4v) is 4.48. The zero-order chi connectivity index (χ0) is 14.5. The molecule has 2 unspecified atom stereocenters. The van der Waals surface area contributed by atoms with E-state index in [4.69, 9.17) is 0 Å². The Balaban J connectivity index is 2.06. The molecule has 0 bridgehead atoms. The van der Waals surface area contributed by atoms with Crippen LogP contribution in [0.2, 0.25) is 0 Å². The highest BCUT2D eigenvalue weighted by atomic mass is 14.4. The average molecular weight is 270 g/mol. The van der Waals surface area contributed by atoms with Gasteiger partial charge in [0.2, 0.25) is 0 Å². The third kappa shape index (κ3) is 2.22. The van der Waals surface area contributed by atoms with E-state index in [2.05, 4.69) is 52.8 Å². The highest BCUT2D eigenvalue weighted by Gasteiger charge is 2.37. The van der Waals surface area contributed by atoms with Crippen LogP contribution in [0.15, 0.2) is 18.2 Å². The molecule has 1 aromatic carbocycles. The van der Waals surface area contributed by atoms with Crippen LogP contribution in [0, 0.1) is 5.92 Å². The molecule has 2 aliphatic rings. The minimum absolute atomic E-state index is 0.350. The quantitative estimate of drug-likeness (QED) is 0.592. The van der Waals surface area contributed by atoms with Crippen LogP contribution in [-0.4, -0.2) is 0 Å². The first-order valence-corrected chi connectivity index (χ1v) is 8.46. The maximum absolute atomic E-state index is 2.57. The number of rotatable bonds is 1. The van der Waals surface area contributed by atoms with Crippen LogP contribution in [0.3, 0.4) is 0 Å². The molecule has 2 aliphatic carbocycles. The molecule has 110 valence electrons. The van der Waals surface area contributed by atoms with Crippen LogP contribution in [-0.2, 0) is 10.8 Å². The molecule has 1 fully saturated rings. The fourth-order valence-electron chi connectivity index (χ4n) is 4.48. The molecule has 0 heteroatoms. The second kappa shape index (κ2) is 4.61. The van der Waals surface area contributed by atoms with Gasteiger partial charge in [0.05, 0.1) is 0 Å². The molecule has 1 saturated carbocycles. The second-order valence-corrected chi connectivity index (χ2v) is 8.59. The van der Waals surface area contributed by atoms with Gasteiger partial charge in [0.1, 0.15) is 0 Å². The van der Waals surface area contributed by atoms with Crippen molar-refractivity contribution in [3.63, 3.8) is 0 Å². The topological polar surface area (TPSA) is 0 Å². The van der Waals surface area contributed by atoms with Crippen LogP contribution in [0.25, 0.3) is 0 Å². The minimum atomic E-state index is 0.350. The third-order valence-electron chi connectivity index (χ3n) is 6.17. The van der Waals surface area contributed by atoms with Crippen LogP contribution < -0.4 is 0 Å². The van der Waals surface area contributed by atoms with Crippen molar-refractivity contribution in [2.45, 2.75) is 83.5 Å². The standard InChI is InChI=1S/C20H30/c1-14-7-6-8-16(14)15-9-10-17-18(13-15)20(4,5)12-11-19(17,2)3/h9-10,13-14,16H,6-8,11-12H2,1-5H3. The molecule has 0 spiro atoms. The van der Waals surface area contributed by atoms with Crippen molar-refractivity contribution in [1.82, 2.24) is 0 Å². The zero-order valence-electron chi connectivity index (χ0n) is 13.9. The highest BCUT2D eigenvalue weighted by Crippen LogP contribution is 2.48. The number of hydrogen-bond acceptors (Lipinski definition) is 0.